The highest BCUT2D eigenvalue weighted by molar-refractivity contribution is 5.87. The molecule has 3 rings (SSSR count). The zero-order valence-corrected chi connectivity index (χ0v) is 16.0. The maximum atomic E-state index is 12.4. The first-order valence-electron chi connectivity index (χ1n) is 9.27. The fourth-order valence-electron chi connectivity index (χ4n) is 3.05. The summed E-state index contributed by atoms with van der Waals surface area (Å²) in [6, 6.07) is 14.5. The molecule has 0 spiro atoms. The van der Waals surface area contributed by atoms with Gasteiger partial charge in [0.05, 0.1) is 6.61 Å². The average molecular weight is 380 g/mol. The first-order valence-corrected chi connectivity index (χ1v) is 9.27. The summed E-state index contributed by atoms with van der Waals surface area (Å²) >= 11 is 0. The molecule has 2 aromatic carbocycles. The summed E-state index contributed by atoms with van der Waals surface area (Å²) < 4.78 is 10.7. The topological polar surface area (TPSA) is 80.4 Å². The molecule has 0 radical (unpaired) electrons. The number of hydrogen-bond donors (Lipinski definition) is 2. The van der Waals surface area contributed by atoms with Crippen molar-refractivity contribution in [3.05, 3.63) is 65.9 Å². The minimum atomic E-state index is -0.784. The number of benzene rings is 2. The van der Waals surface area contributed by atoms with Crippen LogP contribution in [-0.4, -0.2) is 36.1 Å². The molecule has 0 fully saturated rings. The van der Waals surface area contributed by atoms with E-state index < -0.39 is 12.0 Å². The van der Waals surface area contributed by atoms with Crippen LogP contribution in [0.15, 0.2) is 54.7 Å². The van der Waals surface area contributed by atoms with E-state index in [9.17, 15) is 9.59 Å². The van der Waals surface area contributed by atoms with Gasteiger partial charge in [0.15, 0.2) is 6.61 Å². The highest BCUT2D eigenvalue weighted by Crippen LogP contribution is 2.19. The summed E-state index contributed by atoms with van der Waals surface area (Å²) in [5.74, 6) is -0.226. The number of aromatic amines is 1. The van der Waals surface area contributed by atoms with Crippen LogP contribution in [0.5, 0.6) is 5.75 Å². The number of hydrogen-bond acceptors (Lipinski definition) is 4. The third-order valence-corrected chi connectivity index (χ3v) is 4.36. The number of carbonyl (C=O) groups is 2. The van der Waals surface area contributed by atoms with Crippen LogP contribution in [0.3, 0.4) is 0 Å². The lowest BCUT2D eigenvalue weighted by molar-refractivity contribution is -0.147. The largest absolute Gasteiger partial charge is 0.484 e. The van der Waals surface area contributed by atoms with Gasteiger partial charge < -0.3 is 19.8 Å². The van der Waals surface area contributed by atoms with Crippen LogP contribution in [0.25, 0.3) is 10.9 Å². The SMILES string of the molecule is CCOC(=O)C(Cc1c[nH]c2ccccc12)NC(=O)COc1cccc(C)c1. The van der Waals surface area contributed by atoms with Crippen molar-refractivity contribution in [3.8, 4) is 5.75 Å². The summed E-state index contributed by atoms with van der Waals surface area (Å²) in [5.41, 5.74) is 2.96. The summed E-state index contributed by atoms with van der Waals surface area (Å²) in [6.45, 7) is 3.76. The Morgan fingerprint density at radius 2 is 1.96 bits per heavy atom. The molecule has 1 aromatic heterocycles. The zero-order chi connectivity index (χ0) is 19.9. The van der Waals surface area contributed by atoms with Gasteiger partial charge in [0.1, 0.15) is 11.8 Å². The van der Waals surface area contributed by atoms with Crippen LogP contribution >= 0.6 is 0 Å². The molecule has 0 bridgehead atoms. The Morgan fingerprint density at radius 3 is 2.75 bits per heavy atom. The molecule has 1 heterocycles. The number of fused-ring (bicyclic) bond motifs is 1. The van der Waals surface area contributed by atoms with Crippen molar-refractivity contribution >= 4 is 22.8 Å². The van der Waals surface area contributed by atoms with Crippen LogP contribution < -0.4 is 10.1 Å². The molecule has 28 heavy (non-hydrogen) atoms. The molecule has 0 aliphatic heterocycles. The molecule has 3 aromatic rings. The first kappa shape index (κ1) is 19.5. The number of aryl methyl sites for hydroxylation is 1. The van der Waals surface area contributed by atoms with Gasteiger partial charge in [-0.3, -0.25) is 4.79 Å². The fraction of sp³-hybridized carbons (Fsp3) is 0.273. The second kappa shape index (κ2) is 9.08. The Morgan fingerprint density at radius 1 is 1.14 bits per heavy atom. The lowest BCUT2D eigenvalue weighted by atomic mass is 10.0. The Bertz CT molecular complexity index is 964. The Kier molecular flexibility index (Phi) is 6.32. The van der Waals surface area contributed by atoms with Gasteiger partial charge in [-0.1, -0.05) is 30.3 Å². The van der Waals surface area contributed by atoms with E-state index in [0.717, 1.165) is 22.0 Å². The fourth-order valence-corrected chi connectivity index (χ4v) is 3.05. The summed E-state index contributed by atoms with van der Waals surface area (Å²) in [7, 11) is 0. The van der Waals surface area contributed by atoms with Crippen molar-refractivity contribution < 1.29 is 19.1 Å². The van der Waals surface area contributed by atoms with Crippen molar-refractivity contribution in [1.29, 1.82) is 0 Å². The number of nitrogens with one attached hydrogen (secondary N) is 2. The second-order valence-corrected chi connectivity index (χ2v) is 6.54. The molecule has 0 aliphatic rings. The minimum absolute atomic E-state index is 0.173. The van der Waals surface area contributed by atoms with Gasteiger partial charge in [-0.25, -0.2) is 4.79 Å². The number of carbonyl (C=O) groups excluding carboxylic acids is 2. The van der Waals surface area contributed by atoms with Gasteiger partial charge in [-0.15, -0.1) is 0 Å². The van der Waals surface area contributed by atoms with Gasteiger partial charge in [0, 0.05) is 23.5 Å². The van der Waals surface area contributed by atoms with Crippen LogP contribution in [0.2, 0.25) is 0 Å². The van der Waals surface area contributed by atoms with Crippen LogP contribution in [-0.2, 0) is 20.7 Å². The standard InChI is InChI=1S/C22H24N2O4/c1-3-27-22(26)20(12-16-13-23-19-10-5-4-9-18(16)19)24-21(25)14-28-17-8-6-7-15(2)11-17/h4-11,13,20,23H,3,12,14H2,1-2H3,(H,24,25). The summed E-state index contributed by atoms with van der Waals surface area (Å²) in [4.78, 5) is 27.9. The molecule has 0 saturated heterocycles. The third kappa shape index (κ3) is 4.91. The van der Waals surface area contributed by atoms with E-state index in [4.69, 9.17) is 9.47 Å². The average Bonchev–Trinajstić information content (AvgIpc) is 3.09. The molecule has 1 atom stereocenters. The van der Waals surface area contributed by atoms with E-state index >= 15 is 0 Å². The Hall–Kier alpha value is -3.28. The van der Waals surface area contributed by atoms with E-state index in [1.54, 1.807) is 13.0 Å². The molecule has 0 saturated carbocycles. The highest BCUT2D eigenvalue weighted by Gasteiger charge is 2.24. The smallest absolute Gasteiger partial charge is 0.328 e. The molecular formula is C22H24N2O4. The molecule has 6 nitrogen and oxygen atoms in total. The predicted molar refractivity (Wildman–Crippen MR) is 107 cm³/mol. The van der Waals surface area contributed by atoms with E-state index in [1.165, 1.54) is 0 Å². The predicted octanol–water partition coefficient (Wildman–Crippen LogP) is 3.15. The number of para-hydroxylation sites is 1. The molecule has 146 valence electrons. The van der Waals surface area contributed by atoms with E-state index in [0.29, 0.717) is 12.2 Å². The maximum absolute atomic E-state index is 12.4. The van der Waals surface area contributed by atoms with E-state index in [1.807, 2.05) is 55.6 Å². The van der Waals surface area contributed by atoms with E-state index in [-0.39, 0.29) is 19.1 Å². The van der Waals surface area contributed by atoms with Crippen molar-refractivity contribution in [2.45, 2.75) is 26.3 Å². The van der Waals surface area contributed by atoms with Gasteiger partial charge >= 0.3 is 5.97 Å². The van der Waals surface area contributed by atoms with Gasteiger partial charge in [0.25, 0.3) is 5.91 Å². The normalized spacial score (nSPS) is 11.8. The number of aromatic nitrogens is 1. The molecule has 1 amide bonds. The molecule has 1 unspecified atom stereocenters. The number of amides is 1. The first-order chi connectivity index (χ1) is 13.6. The summed E-state index contributed by atoms with van der Waals surface area (Å²) in [5, 5.41) is 3.75. The summed E-state index contributed by atoms with van der Waals surface area (Å²) in [6.07, 6.45) is 2.19. The molecule has 0 aliphatic carbocycles. The monoisotopic (exact) mass is 380 g/mol. The Balaban J connectivity index is 1.67. The number of esters is 1. The third-order valence-electron chi connectivity index (χ3n) is 4.36. The van der Waals surface area contributed by atoms with Crippen molar-refractivity contribution in [1.82, 2.24) is 10.3 Å². The zero-order valence-electron chi connectivity index (χ0n) is 16.0. The Labute approximate surface area is 163 Å². The number of rotatable bonds is 8. The highest BCUT2D eigenvalue weighted by atomic mass is 16.5. The van der Waals surface area contributed by atoms with Crippen LogP contribution in [0.4, 0.5) is 0 Å². The quantitative estimate of drug-likeness (QED) is 0.589. The van der Waals surface area contributed by atoms with Gasteiger partial charge in [-0.05, 0) is 43.2 Å². The second-order valence-electron chi connectivity index (χ2n) is 6.54. The molecular weight excluding hydrogens is 356 g/mol. The lowest BCUT2D eigenvalue weighted by Crippen LogP contribution is -2.45. The number of H-pyrrole nitrogens is 1. The van der Waals surface area contributed by atoms with E-state index in [2.05, 4.69) is 10.3 Å². The van der Waals surface area contributed by atoms with Gasteiger partial charge in [0.2, 0.25) is 0 Å². The maximum Gasteiger partial charge on any atom is 0.328 e. The van der Waals surface area contributed by atoms with Gasteiger partial charge in [-0.2, -0.15) is 0 Å². The van der Waals surface area contributed by atoms with Crippen LogP contribution in [0.1, 0.15) is 18.1 Å². The minimum Gasteiger partial charge on any atom is -0.484 e. The van der Waals surface area contributed by atoms with Crippen molar-refractivity contribution in [2.75, 3.05) is 13.2 Å². The van der Waals surface area contributed by atoms with Crippen molar-refractivity contribution in [3.63, 3.8) is 0 Å². The van der Waals surface area contributed by atoms with Crippen LogP contribution in [0, 0.1) is 6.92 Å². The van der Waals surface area contributed by atoms with Crippen molar-refractivity contribution in [2.24, 2.45) is 0 Å². The molecule has 6 heteroatoms. The molecule has 2 N–H and O–H groups in total. The lowest BCUT2D eigenvalue weighted by Gasteiger charge is -2.17. The number of ether oxygens (including phenoxy) is 2.